The normalized spacial score (nSPS) is 18.7. The first-order valence-electron chi connectivity index (χ1n) is 10.3. The molecule has 4 rings (SSSR count). The van der Waals surface area contributed by atoms with E-state index in [2.05, 4.69) is 15.4 Å². The van der Waals surface area contributed by atoms with Crippen LogP contribution in [0.2, 0.25) is 0 Å². The lowest BCUT2D eigenvalue weighted by Crippen LogP contribution is -2.20. The van der Waals surface area contributed by atoms with E-state index in [1.54, 1.807) is 4.68 Å². The molecule has 1 amide bonds. The highest BCUT2D eigenvalue weighted by atomic mass is 32.2. The number of hydrogen-bond acceptors (Lipinski definition) is 4. The van der Waals surface area contributed by atoms with Gasteiger partial charge in [0.1, 0.15) is 5.82 Å². The Labute approximate surface area is 176 Å². The number of amides is 1. The van der Waals surface area contributed by atoms with Gasteiger partial charge in [-0.2, -0.15) is 5.10 Å². The van der Waals surface area contributed by atoms with Gasteiger partial charge in [0, 0.05) is 35.0 Å². The summed E-state index contributed by atoms with van der Waals surface area (Å²) in [6.45, 7) is 6.15. The summed E-state index contributed by atoms with van der Waals surface area (Å²) in [4.78, 5) is 15.9. The first-order chi connectivity index (χ1) is 14.1. The number of carbonyl (C=O) groups excluding carboxylic acids is 1. The smallest absolute Gasteiger partial charge is 0.225 e. The Morgan fingerprint density at radius 3 is 2.77 bits per heavy atom. The molecule has 8 heteroatoms. The van der Waals surface area contributed by atoms with Gasteiger partial charge in [0.25, 0.3) is 0 Å². The molecule has 1 atom stereocenters. The molecule has 0 saturated carbocycles. The maximum absolute atomic E-state index is 12.7. The van der Waals surface area contributed by atoms with E-state index in [9.17, 15) is 13.2 Å². The Hall–Kier alpha value is -2.61. The molecule has 30 heavy (non-hydrogen) atoms. The molecule has 1 fully saturated rings. The lowest BCUT2D eigenvalue weighted by molar-refractivity contribution is -0.116. The molecule has 160 valence electrons. The molecular weight excluding hydrogens is 400 g/mol. The van der Waals surface area contributed by atoms with Gasteiger partial charge in [-0.25, -0.2) is 13.1 Å². The number of hydrogen-bond donors (Lipinski definition) is 2. The third-order valence-corrected chi connectivity index (χ3v) is 7.37. The predicted molar refractivity (Wildman–Crippen MR) is 118 cm³/mol. The second kappa shape index (κ2) is 7.58. The molecule has 0 aliphatic carbocycles. The summed E-state index contributed by atoms with van der Waals surface area (Å²) in [6.07, 6.45) is 3.42. The average molecular weight is 429 g/mol. The van der Waals surface area contributed by atoms with Crippen molar-refractivity contribution in [2.24, 2.45) is 0 Å². The number of benzene rings is 1. The zero-order valence-electron chi connectivity index (χ0n) is 17.6. The fourth-order valence-corrected chi connectivity index (χ4v) is 5.58. The predicted octanol–water partition coefficient (Wildman–Crippen LogP) is 3.59. The number of nitrogens with zero attached hydrogens (tertiary/aromatic N) is 2. The zero-order chi connectivity index (χ0) is 21.5. The summed E-state index contributed by atoms with van der Waals surface area (Å²) < 4.78 is 25.6. The number of rotatable bonds is 5. The van der Waals surface area contributed by atoms with E-state index >= 15 is 0 Å². The number of H-pyrrole nitrogens is 1. The van der Waals surface area contributed by atoms with Gasteiger partial charge >= 0.3 is 0 Å². The number of anilines is 1. The van der Waals surface area contributed by atoms with Crippen LogP contribution in [-0.2, 0) is 26.5 Å². The van der Waals surface area contributed by atoms with Crippen LogP contribution in [0.3, 0.4) is 0 Å². The molecule has 3 aromatic rings. The van der Waals surface area contributed by atoms with Crippen molar-refractivity contribution in [3.8, 4) is 0 Å². The van der Waals surface area contributed by atoms with Crippen LogP contribution < -0.4 is 5.32 Å². The molecule has 7 nitrogen and oxygen atoms in total. The number of aryl methyl sites for hydroxylation is 1. The highest BCUT2D eigenvalue weighted by Crippen LogP contribution is 2.31. The molecule has 1 saturated heterocycles. The van der Waals surface area contributed by atoms with Crippen molar-refractivity contribution in [1.82, 2.24) is 14.8 Å². The van der Waals surface area contributed by atoms with Crippen LogP contribution in [0.25, 0.3) is 10.9 Å². The van der Waals surface area contributed by atoms with Crippen LogP contribution in [0.5, 0.6) is 0 Å². The minimum atomic E-state index is -3.05. The van der Waals surface area contributed by atoms with Crippen LogP contribution in [-0.4, -0.2) is 40.6 Å². The second-order valence-electron chi connectivity index (χ2n) is 9.07. The number of sulfone groups is 1. The van der Waals surface area contributed by atoms with Crippen molar-refractivity contribution in [3.05, 3.63) is 47.8 Å². The number of nitrogens with one attached hydrogen (secondary N) is 2. The van der Waals surface area contributed by atoms with Gasteiger partial charge in [0.2, 0.25) is 5.91 Å². The zero-order valence-corrected chi connectivity index (χ0v) is 18.4. The summed E-state index contributed by atoms with van der Waals surface area (Å²) >= 11 is 0. The van der Waals surface area contributed by atoms with E-state index in [0.717, 1.165) is 22.2 Å². The monoisotopic (exact) mass is 428 g/mol. The van der Waals surface area contributed by atoms with E-state index in [0.29, 0.717) is 25.1 Å². The number of para-hydroxylation sites is 1. The van der Waals surface area contributed by atoms with Crippen molar-refractivity contribution in [1.29, 1.82) is 0 Å². The summed E-state index contributed by atoms with van der Waals surface area (Å²) in [7, 11) is -3.05. The third kappa shape index (κ3) is 4.28. The standard InChI is InChI=1S/C22H28N4O3S/c1-22(2,3)19-12-20(26(25-19)16-10-11-30(28,29)14-16)24-21(27)9-8-15-13-23-18-7-5-4-6-17(15)18/h4-7,12-13,16,23H,8-11,14H2,1-3H3,(H,24,27). The van der Waals surface area contributed by atoms with Gasteiger partial charge in [-0.3, -0.25) is 4.79 Å². The molecule has 1 aromatic carbocycles. The van der Waals surface area contributed by atoms with Crippen molar-refractivity contribution in [2.75, 3.05) is 16.8 Å². The molecule has 1 aliphatic heterocycles. The van der Waals surface area contributed by atoms with Crippen molar-refractivity contribution < 1.29 is 13.2 Å². The average Bonchev–Trinajstić information content (AvgIpc) is 3.36. The fraction of sp³-hybridized carbons (Fsp3) is 0.455. The second-order valence-corrected chi connectivity index (χ2v) is 11.3. The minimum absolute atomic E-state index is 0.0659. The lowest BCUT2D eigenvalue weighted by Gasteiger charge is -2.15. The van der Waals surface area contributed by atoms with Crippen LogP contribution in [0.15, 0.2) is 36.5 Å². The van der Waals surface area contributed by atoms with Crippen LogP contribution in [0.1, 0.15) is 50.9 Å². The number of aromatic amines is 1. The summed E-state index contributed by atoms with van der Waals surface area (Å²) in [5, 5.41) is 8.77. The maximum atomic E-state index is 12.7. The molecular formula is C22H28N4O3S. The van der Waals surface area contributed by atoms with Gasteiger partial charge < -0.3 is 10.3 Å². The van der Waals surface area contributed by atoms with Crippen LogP contribution >= 0.6 is 0 Å². The van der Waals surface area contributed by atoms with Gasteiger partial charge in [-0.15, -0.1) is 0 Å². The molecule has 0 radical (unpaired) electrons. The molecule has 1 unspecified atom stereocenters. The van der Waals surface area contributed by atoms with Crippen LogP contribution in [0, 0.1) is 0 Å². The number of carbonyl (C=O) groups is 1. The molecule has 2 aromatic heterocycles. The van der Waals surface area contributed by atoms with Crippen molar-refractivity contribution in [2.45, 2.75) is 51.5 Å². The Balaban J connectivity index is 1.51. The van der Waals surface area contributed by atoms with Gasteiger partial charge in [-0.05, 0) is 24.5 Å². The van der Waals surface area contributed by atoms with Gasteiger partial charge in [-0.1, -0.05) is 39.0 Å². The van der Waals surface area contributed by atoms with Crippen molar-refractivity contribution in [3.63, 3.8) is 0 Å². The van der Waals surface area contributed by atoms with E-state index in [-0.39, 0.29) is 28.9 Å². The third-order valence-electron chi connectivity index (χ3n) is 5.62. The SMILES string of the molecule is CC(C)(C)c1cc(NC(=O)CCc2c[nH]c3ccccc23)n(C2CCS(=O)(=O)C2)n1. The van der Waals surface area contributed by atoms with Gasteiger partial charge in [0.05, 0.1) is 23.2 Å². The van der Waals surface area contributed by atoms with E-state index in [4.69, 9.17) is 0 Å². The summed E-state index contributed by atoms with van der Waals surface area (Å²) in [5.41, 5.74) is 2.79. The van der Waals surface area contributed by atoms with Crippen molar-refractivity contribution >= 4 is 32.5 Å². The van der Waals surface area contributed by atoms with E-state index in [1.165, 1.54) is 0 Å². The highest BCUT2D eigenvalue weighted by molar-refractivity contribution is 7.91. The minimum Gasteiger partial charge on any atom is -0.361 e. The number of fused-ring (bicyclic) bond motifs is 1. The maximum Gasteiger partial charge on any atom is 0.225 e. The lowest BCUT2D eigenvalue weighted by atomic mass is 9.92. The Morgan fingerprint density at radius 1 is 1.30 bits per heavy atom. The Bertz CT molecular complexity index is 1180. The van der Waals surface area contributed by atoms with Gasteiger partial charge in [0.15, 0.2) is 9.84 Å². The fourth-order valence-electron chi connectivity index (χ4n) is 3.89. The highest BCUT2D eigenvalue weighted by Gasteiger charge is 2.32. The first-order valence-corrected chi connectivity index (χ1v) is 12.1. The molecule has 0 spiro atoms. The quantitative estimate of drug-likeness (QED) is 0.649. The summed E-state index contributed by atoms with van der Waals surface area (Å²) in [5.74, 6) is 0.695. The Kier molecular flexibility index (Phi) is 5.22. The van der Waals surface area contributed by atoms with Crippen LogP contribution in [0.4, 0.5) is 5.82 Å². The molecule has 3 heterocycles. The number of aromatic nitrogens is 3. The Morgan fingerprint density at radius 2 is 2.07 bits per heavy atom. The molecule has 1 aliphatic rings. The largest absolute Gasteiger partial charge is 0.361 e. The van der Waals surface area contributed by atoms with E-state index < -0.39 is 9.84 Å². The summed E-state index contributed by atoms with van der Waals surface area (Å²) in [6, 6.07) is 9.66. The molecule has 2 N–H and O–H groups in total. The van der Waals surface area contributed by atoms with E-state index in [1.807, 2.05) is 57.3 Å². The topological polar surface area (TPSA) is 96.9 Å². The molecule has 0 bridgehead atoms. The first kappa shape index (κ1) is 20.7.